The van der Waals surface area contributed by atoms with Gasteiger partial charge in [-0.05, 0) is 56.5 Å². The van der Waals surface area contributed by atoms with Gasteiger partial charge in [0.15, 0.2) is 0 Å². The van der Waals surface area contributed by atoms with Gasteiger partial charge >= 0.3 is 10.3 Å². The molecule has 1 atom stereocenters. The van der Waals surface area contributed by atoms with Crippen molar-refractivity contribution in [3.63, 3.8) is 0 Å². The highest BCUT2D eigenvalue weighted by atomic mass is 32.2. The zero-order valence-corrected chi connectivity index (χ0v) is 17.4. The van der Waals surface area contributed by atoms with Crippen molar-refractivity contribution in [1.82, 2.24) is 0 Å². The van der Waals surface area contributed by atoms with Gasteiger partial charge in [-0.2, -0.15) is 20.2 Å². The van der Waals surface area contributed by atoms with Crippen molar-refractivity contribution in [2.75, 3.05) is 18.1 Å². The molecule has 7 heteroatoms. The molecule has 0 spiro atoms. The topological polar surface area (TPSA) is 78.6 Å². The number of rotatable bonds is 10. The maximum Gasteiger partial charge on any atom is 0.333 e. The fourth-order valence-corrected chi connectivity index (χ4v) is 4.70. The van der Waals surface area contributed by atoms with E-state index in [1.165, 1.54) is 62.9 Å². The molecular formula is C18H37NO4S2. The Morgan fingerprint density at radius 1 is 1.04 bits per heavy atom. The van der Waals surface area contributed by atoms with E-state index in [1.54, 1.807) is 0 Å². The average Bonchev–Trinajstić information content (AvgIpc) is 3.07. The molecule has 1 aliphatic carbocycles. The van der Waals surface area contributed by atoms with E-state index in [4.69, 9.17) is 9.88 Å². The van der Waals surface area contributed by atoms with Crippen LogP contribution in [0.5, 0.6) is 0 Å². The van der Waals surface area contributed by atoms with Gasteiger partial charge in [-0.15, -0.1) is 0 Å². The zero-order chi connectivity index (χ0) is 18.4. The highest BCUT2D eigenvalue weighted by Crippen LogP contribution is 2.21. The molecular weight excluding hydrogens is 358 g/mol. The van der Waals surface area contributed by atoms with E-state index < -0.39 is 10.3 Å². The summed E-state index contributed by atoms with van der Waals surface area (Å²) in [5.74, 6) is 2.70. The molecule has 0 radical (unpaired) electrons. The van der Waals surface area contributed by atoms with Gasteiger partial charge in [0, 0.05) is 6.61 Å². The number of hydrogen-bond donors (Lipinski definition) is 1. The normalized spacial score (nSPS) is 21.8. The molecule has 1 saturated heterocycles. The quantitative estimate of drug-likeness (QED) is 0.554. The maximum absolute atomic E-state index is 10.5. The largest absolute Gasteiger partial charge is 0.378 e. The van der Waals surface area contributed by atoms with E-state index in [0.29, 0.717) is 6.10 Å². The van der Waals surface area contributed by atoms with Crippen LogP contribution in [-0.4, -0.2) is 38.7 Å². The van der Waals surface area contributed by atoms with E-state index in [9.17, 15) is 8.42 Å². The molecule has 1 unspecified atom stereocenters. The molecule has 1 saturated carbocycles. The fraction of sp³-hybridized carbons (Fsp3) is 1.00. The van der Waals surface area contributed by atoms with Crippen LogP contribution in [0.4, 0.5) is 0 Å². The molecule has 5 nitrogen and oxygen atoms in total. The highest BCUT2D eigenvalue weighted by molar-refractivity contribution is 7.99. The van der Waals surface area contributed by atoms with Crippen molar-refractivity contribution < 1.29 is 17.3 Å². The van der Waals surface area contributed by atoms with Crippen LogP contribution in [-0.2, 0) is 19.2 Å². The third kappa shape index (κ3) is 14.0. The number of hydrogen-bond acceptors (Lipinski definition) is 5. The molecule has 0 aromatic heterocycles. The molecule has 150 valence electrons. The molecule has 0 bridgehead atoms. The maximum atomic E-state index is 10.5. The van der Waals surface area contributed by atoms with Gasteiger partial charge in [0.05, 0.1) is 12.2 Å². The first kappa shape index (κ1) is 23.2. The Morgan fingerprint density at radius 3 is 2.40 bits per heavy atom. The van der Waals surface area contributed by atoms with Gasteiger partial charge in [-0.25, -0.2) is 5.14 Å². The summed E-state index contributed by atoms with van der Waals surface area (Å²) in [6, 6.07) is 0. The van der Waals surface area contributed by atoms with E-state index in [1.807, 2.05) is 0 Å². The van der Waals surface area contributed by atoms with Crippen molar-refractivity contribution in [2.24, 2.45) is 5.14 Å². The van der Waals surface area contributed by atoms with E-state index in [-0.39, 0.29) is 6.10 Å². The van der Waals surface area contributed by atoms with Crippen molar-refractivity contribution in [3.05, 3.63) is 0 Å². The van der Waals surface area contributed by atoms with Crippen molar-refractivity contribution in [1.29, 1.82) is 0 Å². The summed E-state index contributed by atoms with van der Waals surface area (Å²) in [6.45, 7) is 3.27. The number of unbranched alkanes of at least 4 members (excludes halogenated alkanes) is 2. The molecule has 0 aromatic rings. The minimum Gasteiger partial charge on any atom is -0.378 e. The molecule has 1 heterocycles. The minimum atomic E-state index is -3.72. The Kier molecular flexibility index (Phi) is 13.2. The van der Waals surface area contributed by atoms with E-state index in [2.05, 4.69) is 22.9 Å². The SMILES string of the molecule is CCCSCCCCCC1CCCO1.NS(=O)(=O)OC1CCCCC1. The molecule has 0 amide bonds. The first-order chi connectivity index (χ1) is 12.0. The van der Waals surface area contributed by atoms with Gasteiger partial charge in [0.2, 0.25) is 0 Å². The van der Waals surface area contributed by atoms with Crippen molar-refractivity contribution >= 4 is 22.1 Å². The third-order valence-electron chi connectivity index (χ3n) is 4.51. The Balaban J connectivity index is 0.000000257. The summed E-state index contributed by atoms with van der Waals surface area (Å²) < 4.78 is 31.1. The lowest BCUT2D eigenvalue weighted by atomic mass is 9.98. The molecule has 2 N–H and O–H groups in total. The predicted octanol–water partition coefficient (Wildman–Crippen LogP) is 4.41. The van der Waals surface area contributed by atoms with Crippen LogP contribution in [0, 0.1) is 0 Å². The first-order valence-corrected chi connectivity index (χ1v) is 12.5. The lowest BCUT2D eigenvalue weighted by molar-refractivity contribution is 0.102. The lowest BCUT2D eigenvalue weighted by Gasteiger charge is -2.19. The van der Waals surface area contributed by atoms with Crippen molar-refractivity contribution in [3.8, 4) is 0 Å². The summed E-state index contributed by atoms with van der Waals surface area (Å²) in [5, 5.41) is 4.72. The van der Waals surface area contributed by atoms with Crippen molar-refractivity contribution in [2.45, 2.75) is 96.2 Å². The fourth-order valence-electron chi connectivity index (χ4n) is 3.22. The second-order valence-corrected chi connectivity index (χ2v) is 9.35. The first-order valence-electron chi connectivity index (χ1n) is 9.91. The standard InChI is InChI=1S/C12H24OS.C6H13NO3S/c1-2-10-14-11-5-3-4-7-12-8-6-9-13-12;7-11(8,9)10-6-4-2-1-3-5-6/h12H,2-11H2,1H3;6H,1-5H2,(H2,7,8,9). The summed E-state index contributed by atoms with van der Waals surface area (Å²) in [5.41, 5.74) is 0. The number of nitrogens with two attached hydrogens (primary N) is 1. The molecule has 1 aliphatic heterocycles. The summed E-state index contributed by atoms with van der Waals surface area (Å²) in [7, 11) is -3.72. The highest BCUT2D eigenvalue weighted by Gasteiger charge is 2.18. The van der Waals surface area contributed by atoms with Crippen LogP contribution in [0.3, 0.4) is 0 Å². The lowest BCUT2D eigenvalue weighted by Crippen LogP contribution is -2.25. The molecule has 2 aliphatic rings. The van der Waals surface area contributed by atoms with E-state index >= 15 is 0 Å². The Hall–Kier alpha value is 0.180. The van der Waals surface area contributed by atoms with Gasteiger partial charge in [-0.1, -0.05) is 39.0 Å². The smallest absolute Gasteiger partial charge is 0.333 e. The second kappa shape index (κ2) is 14.3. The van der Waals surface area contributed by atoms with Crippen LogP contribution in [0.15, 0.2) is 0 Å². The van der Waals surface area contributed by atoms with Gasteiger partial charge in [-0.3, -0.25) is 4.18 Å². The van der Waals surface area contributed by atoms with Crippen LogP contribution in [0.2, 0.25) is 0 Å². The number of thioether (sulfide) groups is 1. The molecule has 0 aromatic carbocycles. The van der Waals surface area contributed by atoms with Gasteiger partial charge in [0.1, 0.15) is 0 Å². The Labute approximate surface area is 159 Å². The third-order valence-corrected chi connectivity index (χ3v) is 6.32. The van der Waals surface area contributed by atoms with Crippen LogP contribution in [0.25, 0.3) is 0 Å². The Bertz CT molecular complexity index is 405. The summed E-state index contributed by atoms with van der Waals surface area (Å²) >= 11 is 2.10. The summed E-state index contributed by atoms with van der Waals surface area (Å²) in [4.78, 5) is 0. The zero-order valence-electron chi connectivity index (χ0n) is 15.8. The van der Waals surface area contributed by atoms with Gasteiger partial charge in [0.25, 0.3) is 0 Å². The summed E-state index contributed by atoms with van der Waals surface area (Å²) in [6.07, 6.45) is 14.7. The van der Waals surface area contributed by atoms with Crippen LogP contribution < -0.4 is 5.14 Å². The second-order valence-electron chi connectivity index (χ2n) is 6.95. The van der Waals surface area contributed by atoms with E-state index in [0.717, 1.165) is 32.3 Å². The number of ether oxygens (including phenoxy) is 1. The van der Waals surface area contributed by atoms with Crippen LogP contribution in [0.1, 0.15) is 84.0 Å². The molecule has 2 fully saturated rings. The monoisotopic (exact) mass is 395 g/mol. The van der Waals surface area contributed by atoms with Gasteiger partial charge < -0.3 is 4.74 Å². The minimum absolute atomic E-state index is 0.168. The molecule has 2 rings (SSSR count). The van der Waals surface area contributed by atoms with Crippen LogP contribution >= 0.6 is 11.8 Å². The average molecular weight is 396 g/mol. The Morgan fingerprint density at radius 2 is 1.80 bits per heavy atom. The molecule has 25 heavy (non-hydrogen) atoms. The predicted molar refractivity (Wildman–Crippen MR) is 106 cm³/mol.